The lowest BCUT2D eigenvalue weighted by molar-refractivity contribution is 0.0977. The summed E-state index contributed by atoms with van der Waals surface area (Å²) in [5.74, 6) is 0.123. The Hall–Kier alpha value is -3.32. The van der Waals surface area contributed by atoms with Crippen molar-refractivity contribution in [3.63, 3.8) is 0 Å². The molecule has 0 saturated carbocycles. The lowest BCUT2D eigenvalue weighted by Gasteiger charge is -2.16. The van der Waals surface area contributed by atoms with Crippen LogP contribution < -0.4 is 15.5 Å². The number of halogens is 1. The molecule has 174 valence electrons. The van der Waals surface area contributed by atoms with Gasteiger partial charge in [0.1, 0.15) is 0 Å². The van der Waals surface area contributed by atoms with Crippen LogP contribution in [-0.4, -0.2) is 35.7 Å². The number of guanidine groups is 1. The van der Waals surface area contributed by atoms with Crippen molar-refractivity contribution in [3.8, 4) is 0 Å². The first kappa shape index (κ1) is 24.3. The summed E-state index contributed by atoms with van der Waals surface area (Å²) in [5.41, 5.74) is 6.32. The molecular weight excluding hydrogens is 436 g/mol. The first-order valence-corrected chi connectivity index (χ1v) is 11.3. The minimum atomic E-state index is -0.241. The molecule has 3 rings (SSSR count). The number of rotatable bonds is 6. The van der Waals surface area contributed by atoms with Crippen molar-refractivity contribution in [2.45, 2.75) is 40.8 Å². The van der Waals surface area contributed by atoms with E-state index in [2.05, 4.69) is 22.7 Å². The van der Waals surface area contributed by atoms with Gasteiger partial charge in [-0.25, -0.2) is 4.99 Å². The molecule has 33 heavy (non-hydrogen) atoms. The van der Waals surface area contributed by atoms with E-state index >= 15 is 0 Å². The Kier molecular flexibility index (Phi) is 7.76. The largest absolute Gasteiger partial charge is 0.378 e. The lowest BCUT2D eigenvalue weighted by atomic mass is 10.2. The fourth-order valence-electron chi connectivity index (χ4n) is 3.54. The van der Waals surface area contributed by atoms with Crippen molar-refractivity contribution in [3.05, 3.63) is 75.6 Å². The third-order valence-electron chi connectivity index (χ3n) is 5.52. The average molecular weight is 467 g/mol. The molecule has 3 aromatic rings. The molecule has 2 N–H and O–H groups in total. The predicted octanol–water partition coefficient (Wildman–Crippen LogP) is 4.95. The molecule has 0 aliphatic heterocycles. The monoisotopic (exact) mass is 466 g/mol. The molecule has 0 atom stereocenters. The standard InChI is InChI=1S/C25H31ClN6O/c1-7-32-18(4)22(17(3)30-32)15-27-25(28-23-12-11-20(26)13-16(23)2)29-24(33)19-9-8-10-21(14-19)31(5)6/h8-14H,7,15H2,1-6H3,(H2,27,28,29,33). The Bertz CT molecular complexity index is 1180. The third kappa shape index (κ3) is 5.93. The van der Waals surface area contributed by atoms with Crippen LogP contribution in [0.5, 0.6) is 0 Å². The van der Waals surface area contributed by atoms with Gasteiger partial charge in [0, 0.05) is 53.9 Å². The Labute approximate surface area is 200 Å². The fraction of sp³-hybridized carbons (Fsp3) is 0.320. The molecule has 2 aromatic carbocycles. The number of amides is 1. The Morgan fingerprint density at radius 2 is 1.91 bits per heavy atom. The first-order chi connectivity index (χ1) is 15.7. The summed E-state index contributed by atoms with van der Waals surface area (Å²) >= 11 is 6.11. The summed E-state index contributed by atoms with van der Waals surface area (Å²) in [6, 6.07) is 13.0. The minimum absolute atomic E-state index is 0.241. The fourth-order valence-corrected chi connectivity index (χ4v) is 3.77. The van der Waals surface area contributed by atoms with E-state index in [-0.39, 0.29) is 5.91 Å². The Morgan fingerprint density at radius 1 is 1.15 bits per heavy atom. The molecule has 0 radical (unpaired) electrons. The predicted molar refractivity (Wildman–Crippen MR) is 137 cm³/mol. The van der Waals surface area contributed by atoms with Crippen LogP contribution in [-0.2, 0) is 13.1 Å². The second-order valence-electron chi connectivity index (χ2n) is 8.11. The highest BCUT2D eigenvalue weighted by Crippen LogP contribution is 2.20. The molecule has 1 amide bonds. The summed E-state index contributed by atoms with van der Waals surface area (Å²) in [7, 11) is 3.88. The van der Waals surface area contributed by atoms with Gasteiger partial charge in [-0.15, -0.1) is 0 Å². The topological polar surface area (TPSA) is 74.5 Å². The van der Waals surface area contributed by atoms with E-state index in [0.717, 1.165) is 40.4 Å². The van der Waals surface area contributed by atoms with Gasteiger partial charge in [-0.05, 0) is 69.7 Å². The molecule has 0 bridgehead atoms. The zero-order valence-corrected chi connectivity index (χ0v) is 20.8. The second kappa shape index (κ2) is 10.5. The minimum Gasteiger partial charge on any atom is -0.378 e. The van der Waals surface area contributed by atoms with Crippen LogP contribution in [0.4, 0.5) is 11.4 Å². The number of anilines is 2. The van der Waals surface area contributed by atoms with Gasteiger partial charge in [-0.1, -0.05) is 17.7 Å². The van der Waals surface area contributed by atoms with Crippen LogP contribution in [0.15, 0.2) is 47.5 Å². The molecule has 8 heteroatoms. The van der Waals surface area contributed by atoms with Crippen molar-refractivity contribution in [1.82, 2.24) is 15.1 Å². The summed E-state index contributed by atoms with van der Waals surface area (Å²) in [6.07, 6.45) is 0. The molecule has 0 aliphatic carbocycles. The van der Waals surface area contributed by atoms with E-state index in [4.69, 9.17) is 16.6 Å². The van der Waals surface area contributed by atoms with Gasteiger partial charge in [0.05, 0.1) is 12.2 Å². The van der Waals surface area contributed by atoms with Crippen molar-refractivity contribution >= 4 is 34.8 Å². The highest BCUT2D eigenvalue weighted by Gasteiger charge is 2.14. The van der Waals surface area contributed by atoms with Crippen LogP contribution in [0, 0.1) is 20.8 Å². The van der Waals surface area contributed by atoms with Crippen LogP contribution in [0.3, 0.4) is 0 Å². The quantitative estimate of drug-likeness (QED) is 0.398. The van der Waals surface area contributed by atoms with Crippen LogP contribution in [0.25, 0.3) is 0 Å². The maximum atomic E-state index is 13.1. The Balaban J connectivity index is 1.91. The average Bonchev–Trinajstić information content (AvgIpc) is 3.06. The highest BCUT2D eigenvalue weighted by molar-refractivity contribution is 6.30. The summed E-state index contributed by atoms with van der Waals surface area (Å²) in [4.78, 5) is 19.7. The van der Waals surface area contributed by atoms with Gasteiger partial charge >= 0.3 is 0 Å². The molecule has 0 unspecified atom stereocenters. The number of aromatic nitrogens is 2. The summed E-state index contributed by atoms with van der Waals surface area (Å²) < 4.78 is 1.96. The number of hydrogen-bond acceptors (Lipinski definition) is 4. The van der Waals surface area contributed by atoms with Gasteiger partial charge in [0.2, 0.25) is 5.96 Å². The third-order valence-corrected chi connectivity index (χ3v) is 5.76. The van der Waals surface area contributed by atoms with Gasteiger partial charge in [-0.3, -0.25) is 14.8 Å². The molecule has 0 saturated heterocycles. The number of hydrogen-bond donors (Lipinski definition) is 2. The molecule has 0 fully saturated rings. The molecule has 0 aliphatic rings. The molecule has 0 spiro atoms. The van der Waals surface area contributed by atoms with E-state index in [1.807, 2.05) is 74.8 Å². The first-order valence-electron chi connectivity index (χ1n) is 10.9. The molecular formula is C25H31ClN6O. The van der Waals surface area contributed by atoms with Gasteiger partial charge in [0.15, 0.2) is 0 Å². The second-order valence-corrected chi connectivity index (χ2v) is 8.55. The number of carbonyl (C=O) groups is 1. The number of carbonyl (C=O) groups excluding carboxylic acids is 1. The zero-order valence-electron chi connectivity index (χ0n) is 20.0. The molecule has 1 aromatic heterocycles. The van der Waals surface area contributed by atoms with Crippen molar-refractivity contribution in [2.75, 3.05) is 24.3 Å². The maximum absolute atomic E-state index is 13.1. The van der Waals surface area contributed by atoms with Crippen LogP contribution in [0.2, 0.25) is 5.02 Å². The summed E-state index contributed by atoms with van der Waals surface area (Å²) in [6.45, 7) is 9.22. The number of benzene rings is 2. The van der Waals surface area contributed by atoms with Crippen molar-refractivity contribution < 1.29 is 4.79 Å². The Morgan fingerprint density at radius 3 is 2.55 bits per heavy atom. The number of nitrogens with one attached hydrogen (secondary N) is 2. The van der Waals surface area contributed by atoms with E-state index in [9.17, 15) is 4.79 Å². The van der Waals surface area contributed by atoms with Crippen molar-refractivity contribution in [1.29, 1.82) is 0 Å². The van der Waals surface area contributed by atoms with E-state index in [1.54, 1.807) is 12.1 Å². The van der Waals surface area contributed by atoms with E-state index < -0.39 is 0 Å². The number of aryl methyl sites for hydroxylation is 3. The van der Waals surface area contributed by atoms with Gasteiger partial charge in [0.25, 0.3) is 5.91 Å². The molecule has 1 heterocycles. The summed E-state index contributed by atoms with van der Waals surface area (Å²) in [5, 5.41) is 11.4. The van der Waals surface area contributed by atoms with E-state index in [0.29, 0.717) is 23.1 Å². The van der Waals surface area contributed by atoms with Gasteiger partial charge < -0.3 is 10.2 Å². The molecule has 7 nitrogen and oxygen atoms in total. The van der Waals surface area contributed by atoms with Crippen LogP contribution >= 0.6 is 11.6 Å². The highest BCUT2D eigenvalue weighted by atomic mass is 35.5. The zero-order chi connectivity index (χ0) is 24.1. The SMILES string of the molecule is CCn1nc(C)c(CN=C(NC(=O)c2cccc(N(C)C)c2)Nc2ccc(Cl)cc2C)c1C. The van der Waals surface area contributed by atoms with Gasteiger partial charge in [-0.2, -0.15) is 5.10 Å². The van der Waals surface area contributed by atoms with Crippen molar-refractivity contribution in [2.24, 2.45) is 4.99 Å². The van der Waals surface area contributed by atoms with Crippen LogP contribution in [0.1, 0.15) is 39.8 Å². The maximum Gasteiger partial charge on any atom is 0.258 e. The lowest BCUT2D eigenvalue weighted by Crippen LogP contribution is -2.36. The van der Waals surface area contributed by atoms with E-state index in [1.165, 1.54) is 0 Å². The smallest absolute Gasteiger partial charge is 0.258 e. The number of nitrogens with zero attached hydrogens (tertiary/aromatic N) is 4. The normalized spacial score (nSPS) is 11.4. The number of aliphatic imine (C=N–C) groups is 1.